The van der Waals surface area contributed by atoms with Gasteiger partial charge in [-0.05, 0) is 12.1 Å². The number of ether oxygens (including phenoxy) is 1. The van der Waals surface area contributed by atoms with E-state index in [0.29, 0.717) is 25.3 Å². The molecule has 1 aromatic heterocycles. The zero-order chi connectivity index (χ0) is 14.1. The monoisotopic (exact) mass is 274 g/mol. The Morgan fingerprint density at radius 3 is 2.68 bits per heavy atom. The summed E-state index contributed by atoms with van der Waals surface area (Å²) in [6.45, 7) is 2.52. The van der Waals surface area contributed by atoms with Crippen molar-refractivity contribution in [2.45, 2.75) is 31.6 Å². The van der Waals surface area contributed by atoms with Crippen molar-refractivity contribution in [2.24, 2.45) is 0 Å². The van der Waals surface area contributed by atoms with Crippen molar-refractivity contribution in [3.63, 3.8) is 0 Å². The van der Waals surface area contributed by atoms with E-state index in [2.05, 4.69) is 0 Å². The Hall–Kier alpha value is -0.920. The summed E-state index contributed by atoms with van der Waals surface area (Å²) in [5.74, 6) is 0.713. The van der Waals surface area contributed by atoms with Crippen LogP contribution in [-0.2, 0) is 11.3 Å². The highest BCUT2D eigenvalue weighted by molar-refractivity contribution is 4.96. The van der Waals surface area contributed by atoms with E-state index >= 15 is 0 Å². The summed E-state index contributed by atoms with van der Waals surface area (Å²) in [7, 11) is 0. The predicted octanol–water partition coefficient (Wildman–Crippen LogP) is -1.15. The molecule has 0 unspecified atom stereocenters. The third-order valence-electron chi connectivity index (χ3n) is 3.29. The van der Waals surface area contributed by atoms with E-state index < -0.39 is 11.6 Å². The van der Waals surface area contributed by atoms with Crippen LogP contribution >= 0.6 is 0 Å². The van der Waals surface area contributed by atoms with Crippen LogP contribution in [0.1, 0.15) is 19.1 Å². The fourth-order valence-corrected chi connectivity index (χ4v) is 1.69. The fourth-order valence-electron chi connectivity index (χ4n) is 1.69. The first-order valence-corrected chi connectivity index (χ1v) is 6.50. The van der Waals surface area contributed by atoms with Gasteiger partial charge in [0.15, 0.2) is 0 Å². The average molecular weight is 274 g/mol. The molecule has 0 spiro atoms. The van der Waals surface area contributed by atoms with Crippen molar-refractivity contribution in [3.8, 4) is 0 Å². The first kappa shape index (κ1) is 16.1. The van der Waals surface area contributed by atoms with Gasteiger partial charge in [0.1, 0.15) is 43.8 Å². The van der Waals surface area contributed by atoms with Gasteiger partial charge in [-0.25, -0.2) is 0 Å². The minimum absolute atomic E-state index is 0.125. The van der Waals surface area contributed by atoms with Gasteiger partial charge < -0.3 is 29.8 Å². The topological polar surface area (TPSA) is 99.7 Å². The molecule has 0 aliphatic heterocycles. The van der Waals surface area contributed by atoms with Crippen molar-refractivity contribution in [1.82, 2.24) is 0 Å². The number of quaternary nitrogens is 1. The summed E-state index contributed by atoms with van der Waals surface area (Å²) >= 11 is 0. The van der Waals surface area contributed by atoms with Crippen LogP contribution < -0.4 is 5.32 Å². The molecule has 6 heteroatoms. The summed E-state index contributed by atoms with van der Waals surface area (Å²) in [4.78, 5) is 0. The molecule has 1 atom stereocenters. The largest absolute Gasteiger partial charge is 0.467 e. The van der Waals surface area contributed by atoms with Crippen LogP contribution in [0.15, 0.2) is 22.8 Å². The first-order chi connectivity index (χ1) is 9.15. The van der Waals surface area contributed by atoms with Crippen LogP contribution in [0, 0.1) is 0 Å². The van der Waals surface area contributed by atoms with Crippen molar-refractivity contribution in [3.05, 3.63) is 24.2 Å². The van der Waals surface area contributed by atoms with E-state index in [1.54, 1.807) is 23.7 Å². The molecule has 0 aliphatic carbocycles. The summed E-state index contributed by atoms with van der Waals surface area (Å²) in [5, 5.41) is 30.1. The lowest BCUT2D eigenvalue weighted by Crippen LogP contribution is -3.00. The molecular weight excluding hydrogens is 250 g/mol. The number of aliphatic hydroxyl groups excluding tert-OH is 3. The van der Waals surface area contributed by atoms with E-state index in [-0.39, 0.29) is 19.8 Å². The van der Waals surface area contributed by atoms with Gasteiger partial charge in [-0.3, -0.25) is 0 Å². The molecule has 0 bridgehead atoms. The van der Waals surface area contributed by atoms with Crippen LogP contribution in [-0.4, -0.2) is 53.3 Å². The maximum Gasteiger partial charge on any atom is 0.142 e. The normalized spacial score (nSPS) is 13.7. The molecule has 19 heavy (non-hydrogen) atoms. The standard InChI is InChI=1S/C13H23NO5/c1-2-13(9-15,10-16)14-6-11(17)7-18-8-12-4-3-5-19-12/h3-5,11,14-17H,2,6-10H2,1H3/p+1/t11-/m0/s1. The minimum Gasteiger partial charge on any atom is -0.467 e. The zero-order valence-electron chi connectivity index (χ0n) is 11.3. The van der Waals surface area contributed by atoms with E-state index in [9.17, 15) is 15.3 Å². The third-order valence-corrected chi connectivity index (χ3v) is 3.29. The smallest absolute Gasteiger partial charge is 0.142 e. The number of rotatable bonds is 10. The molecule has 0 saturated carbocycles. The van der Waals surface area contributed by atoms with Crippen LogP contribution in [0.4, 0.5) is 0 Å². The zero-order valence-corrected chi connectivity index (χ0v) is 11.3. The van der Waals surface area contributed by atoms with Crippen LogP contribution in [0.3, 0.4) is 0 Å². The van der Waals surface area contributed by atoms with Crippen molar-refractivity contribution < 1.29 is 29.8 Å². The van der Waals surface area contributed by atoms with Gasteiger partial charge in [0.05, 0.1) is 12.9 Å². The highest BCUT2D eigenvalue weighted by Gasteiger charge is 2.30. The second kappa shape index (κ2) is 8.29. The molecule has 0 amide bonds. The second-order valence-electron chi connectivity index (χ2n) is 4.72. The molecule has 1 rings (SSSR count). The van der Waals surface area contributed by atoms with Gasteiger partial charge in [0.2, 0.25) is 0 Å². The van der Waals surface area contributed by atoms with Crippen molar-refractivity contribution >= 4 is 0 Å². The Bertz CT molecular complexity index is 316. The predicted molar refractivity (Wildman–Crippen MR) is 68.4 cm³/mol. The second-order valence-corrected chi connectivity index (χ2v) is 4.72. The molecule has 0 aromatic carbocycles. The average Bonchev–Trinajstić information content (AvgIpc) is 2.94. The molecule has 110 valence electrons. The Morgan fingerprint density at radius 1 is 1.42 bits per heavy atom. The Kier molecular flexibility index (Phi) is 7.04. The summed E-state index contributed by atoms with van der Waals surface area (Å²) in [6.07, 6.45) is 1.54. The van der Waals surface area contributed by atoms with Gasteiger partial charge in [-0.1, -0.05) is 6.92 Å². The van der Waals surface area contributed by atoms with E-state index in [4.69, 9.17) is 9.15 Å². The van der Waals surface area contributed by atoms with Crippen molar-refractivity contribution in [1.29, 1.82) is 0 Å². The summed E-state index contributed by atoms with van der Waals surface area (Å²) in [6, 6.07) is 3.58. The van der Waals surface area contributed by atoms with Gasteiger partial charge in [0.25, 0.3) is 0 Å². The summed E-state index contributed by atoms with van der Waals surface area (Å²) in [5.41, 5.74) is -0.623. The molecule has 1 aromatic rings. The quantitative estimate of drug-likeness (QED) is 0.432. The molecule has 1 heterocycles. The number of hydrogen-bond donors (Lipinski definition) is 4. The lowest BCUT2D eigenvalue weighted by molar-refractivity contribution is -0.736. The Morgan fingerprint density at radius 2 is 2.16 bits per heavy atom. The Balaban J connectivity index is 2.21. The molecule has 0 radical (unpaired) electrons. The first-order valence-electron chi connectivity index (χ1n) is 6.50. The van der Waals surface area contributed by atoms with Crippen LogP contribution in [0.5, 0.6) is 0 Å². The number of aliphatic hydroxyl groups is 3. The van der Waals surface area contributed by atoms with E-state index in [1.807, 2.05) is 6.92 Å². The van der Waals surface area contributed by atoms with Gasteiger partial charge >= 0.3 is 0 Å². The molecule has 0 aliphatic rings. The Labute approximate surface area is 113 Å². The lowest BCUT2D eigenvalue weighted by atomic mass is 9.98. The lowest BCUT2D eigenvalue weighted by Gasteiger charge is -2.27. The van der Waals surface area contributed by atoms with Crippen LogP contribution in [0.25, 0.3) is 0 Å². The molecule has 6 nitrogen and oxygen atoms in total. The highest BCUT2D eigenvalue weighted by atomic mass is 16.5. The number of nitrogens with two attached hydrogens (primary N) is 1. The number of hydrogen-bond acceptors (Lipinski definition) is 5. The van der Waals surface area contributed by atoms with Crippen LogP contribution in [0.2, 0.25) is 0 Å². The van der Waals surface area contributed by atoms with Gasteiger partial charge in [0, 0.05) is 6.42 Å². The summed E-state index contributed by atoms with van der Waals surface area (Å²) < 4.78 is 10.4. The third kappa shape index (κ3) is 5.30. The van der Waals surface area contributed by atoms with Gasteiger partial charge in [-0.15, -0.1) is 0 Å². The maximum absolute atomic E-state index is 9.78. The molecular formula is C13H24NO5+. The minimum atomic E-state index is -0.654. The van der Waals surface area contributed by atoms with Crippen molar-refractivity contribution in [2.75, 3.05) is 26.4 Å². The molecule has 0 fully saturated rings. The van der Waals surface area contributed by atoms with E-state index in [0.717, 1.165) is 0 Å². The number of furan rings is 1. The molecule has 0 saturated heterocycles. The fraction of sp³-hybridized carbons (Fsp3) is 0.692. The SMILES string of the molecule is CCC(CO)(CO)[NH2+]C[C@H](O)COCc1ccco1. The highest BCUT2D eigenvalue weighted by Crippen LogP contribution is 2.03. The molecule has 5 N–H and O–H groups in total. The van der Waals surface area contributed by atoms with E-state index in [1.165, 1.54) is 0 Å². The van der Waals surface area contributed by atoms with Gasteiger partial charge in [-0.2, -0.15) is 0 Å². The maximum atomic E-state index is 9.78.